The Morgan fingerprint density at radius 3 is 2.84 bits per heavy atom. The number of halogens is 1. The molecule has 176 valence electrons. The van der Waals surface area contributed by atoms with Crippen molar-refractivity contribution in [1.29, 1.82) is 0 Å². The monoisotopic (exact) mass is 569 g/mol. The number of ether oxygens (including phenoxy) is 1. The van der Waals surface area contributed by atoms with Gasteiger partial charge in [0.25, 0.3) is 0 Å². The van der Waals surface area contributed by atoms with Gasteiger partial charge in [0.2, 0.25) is 0 Å². The number of thiazole rings is 1. The van der Waals surface area contributed by atoms with Gasteiger partial charge in [-0.25, -0.2) is 4.98 Å². The molecule has 0 spiro atoms. The van der Waals surface area contributed by atoms with Crippen LogP contribution >= 0.6 is 35.3 Å². The van der Waals surface area contributed by atoms with Crippen LogP contribution in [0.3, 0.4) is 0 Å². The van der Waals surface area contributed by atoms with E-state index in [2.05, 4.69) is 69.7 Å². The van der Waals surface area contributed by atoms with Crippen molar-refractivity contribution in [2.24, 2.45) is 4.99 Å². The highest BCUT2D eigenvalue weighted by atomic mass is 127. The summed E-state index contributed by atoms with van der Waals surface area (Å²) in [7, 11) is 0. The van der Waals surface area contributed by atoms with Crippen LogP contribution in [0.15, 0.2) is 40.7 Å². The van der Waals surface area contributed by atoms with Crippen LogP contribution in [-0.4, -0.2) is 72.2 Å². The van der Waals surface area contributed by atoms with E-state index in [9.17, 15) is 0 Å². The van der Waals surface area contributed by atoms with Crippen LogP contribution in [0.1, 0.15) is 36.0 Å². The summed E-state index contributed by atoms with van der Waals surface area (Å²) in [4.78, 5) is 14.5. The van der Waals surface area contributed by atoms with E-state index in [1.165, 1.54) is 10.6 Å². The van der Waals surface area contributed by atoms with Gasteiger partial charge in [0.05, 0.1) is 23.8 Å². The third kappa shape index (κ3) is 6.88. The lowest BCUT2D eigenvalue weighted by molar-refractivity contribution is -0.0502. The zero-order chi connectivity index (χ0) is 21.5. The normalized spacial score (nSPS) is 21.3. The summed E-state index contributed by atoms with van der Waals surface area (Å²) < 4.78 is 6.15. The third-order valence-corrected chi connectivity index (χ3v) is 7.03. The van der Waals surface area contributed by atoms with Crippen LogP contribution in [0.4, 0.5) is 0 Å². The van der Waals surface area contributed by atoms with E-state index < -0.39 is 0 Å². The molecule has 8 heteroatoms. The fraction of sp³-hybridized carbons (Fsp3) is 0.583. The van der Waals surface area contributed by atoms with Gasteiger partial charge in [0.15, 0.2) is 5.96 Å². The Kier molecular flexibility index (Phi) is 10.2. The Labute approximate surface area is 213 Å². The number of nitrogens with one attached hydrogen (secondary N) is 1. The number of rotatable bonds is 8. The Hall–Kier alpha value is -1.23. The first-order valence-electron chi connectivity index (χ1n) is 11.6. The summed E-state index contributed by atoms with van der Waals surface area (Å²) in [5, 5.41) is 6.88. The van der Waals surface area contributed by atoms with E-state index in [1.54, 1.807) is 11.3 Å². The number of unbranched alkanes of at least 4 members (excludes halogenated alkanes) is 1. The van der Waals surface area contributed by atoms with E-state index in [0.717, 1.165) is 76.8 Å². The third-order valence-electron chi connectivity index (χ3n) is 6.01. The maximum absolute atomic E-state index is 6.15. The molecule has 0 bridgehead atoms. The fourth-order valence-electron chi connectivity index (χ4n) is 4.46. The molecule has 1 aromatic heterocycles. The number of benzene rings is 1. The number of morpholine rings is 1. The first-order chi connectivity index (χ1) is 15.2. The molecule has 2 aromatic rings. The number of likely N-dealkylation sites (tertiary alicyclic amines) is 1. The Morgan fingerprint density at radius 1 is 1.25 bits per heavy atom. The second kappa shape index (κ2) is 12.9. The predicted octanol–water partition coefficient (Wildman–Crippen LogP) is 3.94. The van der Waals surface area contributed by atoms with Crippen molar-refractivity contribution in [2.45, 2.75) is 51.8 Å². The predicted molar refractivity (Wildman–Crippen MR) is 143 cm³/mol. The molecule has 2 aliphatic heterocycles. The number of guanidine groups is 1. The van der Waals surface area contributed by atoms with Gasteiger partial charge in [-0.05, 0) is 38.7 Å². The SMILES string of the molecule is CCNC(=NCCCCc1nc(C)cs1)N1CC2OCCN(Cc3ccccc3)C2C1.I. The molecular weight excluding hydrogens is 533 g/mol. The fourth-order valence-corrected chi connectivity index (χ4v) is 5.28. The lowest BCUT2D eigenvalue weighted by Crippen LogP contribution is -2.50. The van der Waals surface area contributed by atoms with Crippen molar-refractivity contribution in [3.63, 3.8) is 0 Å². The number of fused-ring (bicyclic) bond motifs is 1. The number of hydrogen-bond donors (Lipinski definition) is 1. The topological polar surface area (TPSA) is 53.0 Å². The lowest BCUT2D eigenvalue weighted by atomic mass is 10.1. The summed E-state index contributed by atoms with van der Waals surface area (Å²) in [6.45, 7) is 10.6. The van der Waals surface area contributed by atoms with Crippen LogP contribution in [0.25, 0.3) is 0 Å². The van der Waals surface area contributed by atoms with Crippen molar-refractivity contribution in [3.8, 4) is 0 Å². The van der Waals surface area contributed by atoms with Gasteiger partial charge in [-0.3, -0.25) is 9.89 Å². The highest BCUT2D eigenvalue weighted by Crippen LogP contribution is 2.24. The van der Waals surface area contributed by atoms with Gasteiger partial charge in [-0.1, -0.05) is 30.3 Å². The van der Waals surface area contributed by atoms with E-state index >= 15 is 0 Å². The molecule has 0 radical (unpaired) electrons. The molecule has 2 fully saturated rings. The molecule has 2 aliphatic rings. The van der Waals surface area contributed by atoms with Crippen LogP contribution < -0.4 is 5.32 Å². The average Bonchev–Trinajstić information content (AvgIpc) is 3.40. The second-order valence-electron chi connectivity index (χ2n) is 8.41. The van der Waals surface area contributed by atoms with Crippen molar-refractivity contribution >= 4 is 41.3 Å². The molecule has 2 atom stereocenters. The number of aliphatic imine (C=N–C) groups is 1. The maximum atomic E-state index is 6.15. The van der Waals surface area contributed by atoms with E-state index in [4.69, 9.17) is 9.73 Å². The lowest BCUT2D eigenvalue weighted by Gasteiger charge is -2.36. The molecule has 2 saturated heterocycles. The summed E-state index contributed by atoms with van der Waals surface area (Å²) in [5.41, 5.74) is 2.50. The number of hydrogen-bond acceptors (Lipinski definition) is 5. The van der Waals surface area contributed by atoms with Crippen molar-refractivity contribution < 1.29 is 4.74 Å². The highest BCUT2D eigenvalue weighted by molar-refractivity contribution is 14.0. The zero-order valence-electron chi connectivity index (χ0n) is 19.2. The van der Waals surface area contributed by atoms with Crippen molar-refractivity contribution in [1.82, 2.24) is 20.1 Å². The van der Waals surface area contributed by atoms with Crippen LogP contribution in [0.2, 0.25) is 0 Å². The number of nitrogens with zero attached hydrogens (tertiary/aromatic N) is 4. The second-order valence-corrected chi connectivity index (χ2v) is 9.36. The molecule has 4 rings (SSSR count). The molecule has 0 saturated carbocycles. The Morgan fingerprint density at radius 2 is 2.09 bits per heavy atom. The molecule has 6 nitrogen and oxygen atoms in total. The molecule has 0 amide bonds. The Balaban J connectivity index is 0.00000289. The summed E-state index contributed by atoms with van der Waals surface area (Å²) in [6, 6.07) is 11.2. The summed E-state index contributed by atoms with van der Waals surface area (Å²) in [6.07, 6.45) is 3.54. The van der Waals surface area contributed by atoms with Crippen LogP contribution in [0, 0.1) is 6.92 Å². The molecule has 0 aliphatic carbocycles. The highest BCUT2D eigenvalue weighted by Gasteiger charge is 2.41. The molecule has 32 heavy (non-hydrogen) atoms. The van der Waals surface area contributed by atoms with Gasteiger partial charge in [-0.15, -0.1) is 35.3 Å². The first-order valence-corrected chi connectivity index (χ1v) is 12.4. The van der Waals surface area contributed by atoms with Gasteiger partial charge in [0.1, 0.15) is 0 Å². The largest absolute Gasteiger partial charge is 0.373 e. The first kappa shape index (κ1) is 25.4. The molecule has 1 aromatic carbocycles. The van der Waals surface area contributed by atoms with E-state index in [-0.39, 0.29) is 30.1 Å². The standard InChI is InChI=1S/C24H35N5OS.HI/c1-3-25-24(26-12-8-7-11-23-27-19(2)18-31-23)29-16-21-22(17-29)30-14-13-28(21)15-20-9-5-4-6-10-20;/h4-6,9-10,18,21-22H,3,7-8,11-17H2,1-2H3,(H,25,26);1H. The van der Waals surface area contributed by atoms with Crippen LogP contribution in [-0.2, 0) is 17.7 Å². The van der Waals surface area contributed by atoms with Gasteiger partial charge >= 0.3 is 0 Å². The molecule has 2 unspecified atom stereocenters. The quantitative estimate of drug-likeness (QED) is 0.226. The van der Waals surface area contributed by atoms with Crippen molar-refractivity contribution in [3.05, 3.63) is 52.0 Å². The number of aryl methyl sites for hydroxylation is 2. The Bertz CT molecular complexity index is 846. The van der Waals surface area contributed by atoms with Gasteiger partial charge < -0.3 is 15.0 Å². The van der Waals surface area contributed by atoms with Crippen molar-refractivity contribution in [2.75, 3.05) is 39.3 Å². The minimum atomic E-state index is 0. The van der Waals surface area contributed by atoms with Gasteiger partial charge in [0, 0.05) is 50.3 Å². The van der Waals surface area contributed by atoms with E-state index in [0.29, 0.717) is 6.04 Å². The summed E-state index contributed by atoms with van der Waals surface area (Å²) >= 11 is 1.77. The summed E-state index contributed by atoms with van der Waals surface area (Å²) in [5.74, 6) is 1.03. The maximum Gasteiger partial charge on any atom is 0.194 e. The minimum absolute atomic E-state index is 0. The van der Waals surface area contributed by atoms with Gasteiger partial charge in [-0.2, -0.15) is 0 Å². The minimum Gasteiger partial charge on any atom is -0.373 e. The molecule has 1 N–H and O–H groups in total. The zero-order valence-corrected chi connectivity index (χ0v) is 22.4. The van der Waals surface area contributed by atoms with Crippen LogP contribution in [0.5, 0.6) is 0 Å². The average molecular weight is 570 g/mol. The molecular formula is C24H36IN5OS. The smallest absolute Gasteiger partial charge is 0.194 e. The van der Waals surface area contributed by atoms with E-state index in [1.807, 2.05) is 0 Å². The number of aromatic nitrogens is 1. The molecule has 3 heterocycles.